The van der Waals surface area contributed by atoms with Crippen LogP contribution in [0.25, 0.3) is 10.6 Å². The zero-order valence-corrected chi connectivity index (χ0v) is 12.6. The lowest BCUT2D eigenvalue weighted by molar-refractivity contribution is 0.590. The lowest BCUT2D eigenvalue weighted by Crippen LogP contribution is -2.10. The molecule has 0 saturated heterocycles. The molecule has 1 atom stereocenters. The maximum Gasteiger partial charge on any atom is 0.147 e. The van der Waals surface area contributed by atoms with Crippen LogP contribution in [0, 0.1) is 0 Å². The fraction of sp³-hybridized carbons (Fsp3) is 0.429. The normalized spacial score (nSPS) is 13.6. The molecule has 0 aliphatic rings. The highest BCUT2D eigenvalue weighted by Crippen LogP contribution is 2.30. The first-order valence-corrected chi connectivity index (χ1v) is 7.21. The van der Waals surface area contributed by atoms with Gasteiger partial charge in [0.25, 0.3) is 0 Å². The first kappa shape index (κ1) is 13.5. The van der Waals surface area contributed by atoms with E-state index in [0.717, 1.165) is 15.6 Å². The second-order valence-corrected chi connectivity index (χ2v) is 7.05. The van der Waals surface area contributed by atoms with Crippen molar-refractivity contribution in [3.8, 4) is 10.6 Å². The summed E-state index contributed by atoms with van der Waals surface area (Å²) in [5, 5.41) is 10.0. The molecule has 1 aromatic heterocycles. The Labute approximate surface area is 117 Å². The molecule has 0 amide bonds. The predicted molar refractivity (Wildman–Crippen MR) is 78.3 cm³/mol. The van der Waals surface area contributed by atoms with Crippen LogP contribution in [0.3, 0.4) is 0 Å². The Kier molecular flexibility index (Phi) is 3.74. The first-order valence-electron chi connectivity index (χ1n) is 5.96. The summed E-state index contributed by atoms with van der Waals surface area (Å²) in [6, 6.07) is 8.51. The van der Waals surface area contributed by atoms with Crippen molar-refractivity contribution < 1.29 is 0 Å². The van der Waals surface area contributed by atoms with Gasteiger partial charge in [-0.2, -0.15) is 0 Å². The van der Waals surface area contributed by atoms with E-state index in [2.05, 4.69) is 55.2 Å². The number of nitrogens with zero attached hydrogens (tertiary/aromatic N) is 2. The SMILES string of the molecule is CC(Cl)c1nnc(-c2ccc(C(C)(C)C)cc2)s1. The fourth-order valence-electron chi connectivity index (χ4n) is 1.62. The van der Waals surface area contributed by atoms with E-state index < -0.39 is 0 Å². The zero-order chi connectivity index (χ0) is 13.3. The van der Waals surface area contributed by atoms with Crippen molar-refractivity contribution >= 4 is 22.9 Å². The van der Waals surface area contributed by atoms with Crippen molar-refractivity contribution in [2.45, 2.75) is 38.5 Å². The zero-order valence-electron chi connectivity index (χ0n) is 11.1. The second kappa shape index (κ2) is 4.98. The molecule has 0 N–H and O–H groups in total. The van der Waals surface area contributed by atoms with E-state index in [-0.39, 0.29) is 10.8 Å². The van der Waals surface area contributed by atoms with Gasteiger partial charge in [0.1, 0.15) is 10.0 Å². The van der Waals surface area contributed by atoms with Gasteiger partial charge in [-0.15, -0.1) is 21.8 Å². The maximum absolute atomic E-state index is 6.00. The fourth-order valence-corrected chi connectivity index (χ4v) is 2.58. The van der Waals surface area contributed by atoms with Gasteiger partial charge < -0.3 is 0 Å². The molecule has 2 nitrogen and oxygen atoms in total. The van der Waals surface area contributed by atoms with Gasteiger partial charge in [-0.25, -0.2) is 0 Å². The number of halogens is 1. The van der Waals surface area contributed by atoms with Crippen molar-refractivity contribution in [1.82, 2.24) is 10.2 Å². The van der Waals surface area contributed by atoms with Crippen LogP contribution in [0.4, 0.5) is 0 Å². The van der Waals surface area contributed by atoms with Crippen LogP contribution < -0.4 is 0 Å². The quantitative estimate of drug-likeness (QED) is 0.738. The van der Waals surface area contributed by atoms with Crippen LogP contribution in [0.2, 0.25) is 0 Å². The molecular formula is C14H17ClN2S. The van der Waals surface area contributed by atoms with Gasteiger partial charge >= 0.3 is 0 Å². The first-order chi connectivity index (χ1) is 8.38. The van der Waals surface area contributed by atoms with Crippen LogP contribution in [-0.2, 0) is 5.41 Å². The summed E-state index contributed by atoms with van der Waals surface area (Å²) >= 11 is 7.55. The lowest BCUT2D eigenvalue weighted by Gasteiger charge is -2.18. The van der Waals surface area contributed by atoms with E-state index in [4.69, 9.17) is 11.6 Å². The van der Waals surface area contributed by atoms with E-state index in [9.17, 15) is 0 Å². The van der Waals surface area contributed by atoms with Crippen molar-refractivity contribution in [1.29, 1.82) is 0 Å². The largest absolute Gasteiger partial charge is 0.147 e. The molecule has 0 radical (unpaired) electrons. The minimum Gasteiger partial charge on any atom is -0.142 e. The Morgan fingerprint density at radius 2 is 1.72 bits per heavy atom. The summed E-state index contributed by atoms with van der Waals surface area (Å²) in [6.45, 7) is 8.54. The highest BCUT2D eigenvalue weighted by atomic mass is 35.5. The Hall–Kier alpha value is -0.930. The molecule has 0 spiro atoms. The monoisotopic (exact) mass is 280 g/mol. The molecule has 2 rings (SSSR count). The summed E-state index contributed by atoms with van der Waals surface area (Å²) < 4.78 is 0. The molecule has 4 heteroatoms. The van der Waals surface area contributed by atoms with Crippen molar-refractivity contribution in [2.24, 2.45) is 0 Å². The molecule has 1 aromatic carbocycles. The van der Waals surface area contributed by atoms with E-state index in [1.54, 1.807) is 11.3 Å². The number of hydrogen-bond acceptors (Lipinski definition) is 3. The van der Waals surface area contributed by atoms with Gasteiger partial charge in [-0.3, -0.25) is 0 Å². The van der Waals surface area contributed by atoms with Crippen molar-refractivity contribution in [3.63, 3.8) is 0 Å². The average Bonchev–Trinajstić information content (AvgIpc) is 2.77. The Balaban J connectivity index is 2.29. The topological polar surface area (TPSA) is 25.8 Å². The number of rotatable bonds is 2. The van der Waals surface area contributed by atoms with Crippen LogP contribution in [0.5, 0.6) is 0 Å². The summed E-state index contributed by atoms with van der Waals surface area (Å²) in [6.07, 6.45) is 0. The highest BCUT2D eigenvalue weighted by molar-refractivity contribution is 7.15. The smallest absolute Gasteiger partial charge is 0.142 e. The Morgan fingerprint density at radius 1 is 1.11 bits per heavy atom. The molecule has 0 aliphatic carbocycles. The van der Waals surface area contributed by atoms with Crippen molar-refractivity contribution in [2.75, 3.05) is 0 Å². The predicted octanol–water partition coefficient (Wildman–Crippen LogP) is 4.80. The van der Waals surface area contributed by atoms with E-state index >= 15 is 0 Å². The van der Waals surface area contributed by atoms with E-state index in [1.165, 1.54) is 5.56 Å². The molecule has 0 aliphatic heterocycles. The summed E-state index contributed by atoms with van der Waals surface area (Å²) in [5.41, 5.74) is 2.60. The molecule has 0 saturated carbocycles. The Bertz CT molecular complexity index is 523. The van der Waals surface area contributed by atoms with Crippen molar-refractivity contribution in [3.05, 3.63) is 34.8 Å². The minimum atomic E-state index is -0.0786. The standard InChI is InChI=1S/C14H17ClN2S/c1-9(15)12-16-17-13(18-12)10-5-7-11(8-6-10)14(2,3)4/h5-9H,1-4H3. The van der Waals surface area contributed by atoms with Gasteiger partial charge in [0, 0.05) is 5.56 Å². The molecule has 1 heterocycles. The minimum absolute atomic E-state index is 0.0786. The third-order valence-corrected chi connectivity index (χ3v) is 4.27. The summed E-state index contributed by atoms with van der Waals surface area (Å²) in [4.78, 5) is 0. The lowest BCUT2D eigenvalue weighted by atomic mass is 9.87. The maximum atomic E-state index is 6.00. The van der Waals surface area contributed by atoms with E-state index in [1.807, 2.05) is 6.92 Å². The number of alkyl halides is 1. The van der Waals surface area contributed by atoms with Gasteiger partial charge in [0.15, 0.2) is 0 Å². The third-order valence-electron chi connectivity index (χ3n) is 2.78. The summed E-state index contributed by atoms with van der Waals surface area (Å²) in [7, 11) is 0. The molecule has 96 valence electrons. The highest BCUT2D eigenvalue weighted by Gasteiger charge is 2.14. The third kappa shape index (κ3) is 2.90. The second-order valence-electron chi connectivity index (χ2n) is 5.39. The number of hydrogen-bond donors (Lipinski definition) is 0. The van der Waals surface area contributed by atoms with Crippen LogP contribution in [0.1, 0.15) is 43.6 Å². The summed E-state index contributed by atoms with van der Waals surface area (Å²) in [5.74, 6) is 0. The molecule has 1 unspecified atom stereocenters. The number of benzene rings is 1. The van der Waals surface area contributed by atoms with Crippen LogP contribution in [-0.4, -0.2) is 10.2 Å². The molecule has 0 fully saturated rings. The van der Waals surface area contributed by atoms with Gasteiger partial charge in [-0.05, 0) is 17.9 Å². The Morgan fingerprint density at radius 3 is 2.17 bits per heavy atom. The van der Waals surface area contributed by atoms with Gasteiger partial charge in [0.2, 0.25) is 0 Å². The molecule has 0 bridgehead atoms. The van der Waals surface area contributed by atoms with E-state index in [0.29, 0.717) is 0 Å². The van der Waals surface area contributed by atoms with Crippen LogP contribution >= 0.6 is 22.9 Å². The van der Waals surface area contributed by atoms with Gasteiger partial charge in [-0.1, -0.05) is 56.4 Å². The molecule has 18 heavy (non-hydrogen) atoms. The molecule has 2 aromatic rings. The average molecular weight is 281 g/mol. The number of aromatic nitrogens is 2. The van der Waals surface area contributed by atoms with Crippen LogP contribution in [0.15, 0.2) is 24.3 Å². The van der Waals surface area contributed by atoms with Gasteiger partial charge in [0.05, 0.1) is 5.38 Å². The molecular weight excluding hydrogens is 264 g/mol.